The number of quaternary nitrogens is 1. The summed E-state index contributed by atoms with van der Waals surface area (Å²) in [7, 11) is 0.334. The van der Waals surface area contributed by atoms with E-state index >= 15 is 0 Å². The molecule has 0 aliphatic carbocycles. The lowest BCUT2D eigenvalue weighted by molar-refractivity contribution is -0.890. The van der Waals surface area contributed by atoms with E-state index in [1.807, 2.05) is 20.8 Å². The number of rotatable bonds is 11. The Hall–Kier alpha value is -0.660. The van der Waals surface area contributed by atoms with Gasteiger partial charge in [-0.25, -0.2) is 0 Å². The lowest BCUT2D eigenvalue weighted by Gasteiger charge is -2.30. The van der Waals surface area contributed by atoms with Crippen molar-refractivity contribution in [2.45, 2.75) is 46.5 Å². The van der Waals surface area contributed by atoms with Gasteiger partial charge >= 0.3 is 0 Å². The quantitative estimate of drug-likeness (QED) is 0.341. The van der Waals surface area contributed by atoms with Crippen LogP contribution < -0.4 is 5.32 Å². The van der Waals surface area contributed by atoms with Crippen LogP contribution in [0.2, 0.25) is 0 Å². The van der Waals surface area contributed by atoms with Crippen LogP contribution in [0, 0.1) is 5.41 Å². The number of carbonyl (C=O) groups is 1. The van der Waals surface area contributed by atoms with Crippen molar-refractivity contribution < 1.29 is 22.2 Å². The molecule has 0 saturated heterocycles. The van der Waals surface area contributed by atoms with Crippen LogP contribution in [-0.4, -0.2) is 62.8 Å². The Morgan fingerprint density at radius 2 is 1.68 bits per heavy atom. The molecule has 0 heterocycles. The zero-order chi connectivity index (χ0) is 17.4. The van der Waals surface area contributed by atoms with Crippen LogP contribution in [0.3, 0.4) is 0 Å². The van der Waals surface area contributed by atoms with E-state index in [1.165, 1.54) is 0 Å². The first-order chi connectivity index (χ1) is 9.90. The smallest absolute Gasteiger partial charge is 0.264 e. The van der Waals surface area contributed by atoms with Gasteiger partial charge in [0.2, 0.25) is 5.91 Å². The summed E-state index contributed by atoms with van der Waals surface area (Å²) in [5.74, 6) is -0.0803. The van der Waals surface area contributed by atoms with Gasteiger partial charge in [0, 0.05) is 18.4 Å². The Morgan fingerprint density at radius 1 is 1.14 bits per heavy atom. The summed E-state index contributed by atoms with van der Waals surface area (Å²) in [6.07, 6.45) is 2.93. The second kappa shape index (κ2) is 8.84. The van der Waals surface area contributed by atoms with Crippen molar-refractivity contribution in [2.75, 3.05) is 39.5 Å². The number of unbranched alkanes of at least 4 members (excludes halogenated alkanes) is 1. The van der Waals surface area contributed by atoms with Gasteiger partial charge < -0.3 is 9.80 Å². The van der Waals surface area contributed by atoms with Gasteiger partial charge in [0.25, 0.3) is 10.1 Å². The minimum atomic E-state index is -3.84. The van der Waals surface area contributed by atoms with Gasteiger partial charge in [-0.2, -0.15) is 8.42 Å². The maximum absolute atomic E-state index is 11.9. The van der Waals surface area contributed by atoms with E-state index < -0.39 is 10.1 Å². The van der Waals surface area contributed by atoms with E-state index in [1.54, 1.807) is 0 Å². The fraction of sp³-hybridized carbons (Fsp3) is 0.933. The standard InChI is InChI=1S/C15H32N2O4S/c1-6-15(2,3)14(18)16-10-9-12-17(4,5)11-7-8-13-22(19,20)21/h6-13H2,1-5H3,(H-,16,18,19,20,21)/p+1. The van der Waals surface area contributed by atoms with Crippen molar-refractivity contribution in [3.05, 3.63) is 0 Å². The second-order valence-electron chi connectivity index (χ2n) is 7.22. The summed E-state index contributed by atoms with van der Waals surface area (Å²) in [5.41, 5.74) is -0.319. The third kappa shape index (κ3) is 10.1. The van der Waals surface area contributed by atoms with Gasteiger partial charge in [0.15, 0.2) is 0 Å². The van der Waals surface area contributed by atoms with Crippen LogP contribution in [0.15, 0.2) is 0 Å². The Labute approximate surface area is 135 Å². The van der Waals surface area contributed by atoms with Crippen molar-refractivity contribution in [2.24, 2.45) is 5.41 Å². The first-order valence-electron chi connectivity index (χ1n) is 7.95. The van der Waals surface area contributed by atoms with E-state index in [4.69, 9.17) is 4.55 Å². The molecule has 2 N–H and O–H groups in total. The molecule has 0 bridgehead atoms. The first kappa shape index (κ1) is 21.3. The van der Waals surface area contributed by atoms with Crippen LogP contribution >= 0.6 is 0 Å². The molecule has 6 nitrogen and oxygen atoms in total. The van der Waals surface area contributed by atoms with E-state index in [9.17, 15) is 13.2 Å². The second-order valence-corrected chi connectivity index (χ2v) is 8.80. The number of hydrogen-bond donors (Lipinski definition) is 2. The summed E-state index contributed by atoms with van der Waals surface area (Å²) >= 11 is 0. The minimum absolute atomic E-state index is 0.0912. The molecule has 0 unspecified atom stereocenters. The van der Waals surface area contributed by atoms with E-state index in [0.29, 0.717) is 13.0 Å². The van der Waals surface area contributed by atoms with Crippen molar-refractivity contribution in [1.82, 2.24) is 5.32 Å². The zero-order valence-corrected chi connectivity index (χ0v) is 15.5. The Bertz CT molecular complexity index is 444. The normalized spacial score (nSPS) is 13.2. The molecule has 0 aromatic carbocycles. The maximum atomic E-state index is 11.9. The molecule has 22 heavy (non-hydrogen) atoms. The third-order valence-electron chi connectivity index (χ3n) is 4.14. The van der Waals surface area contributed by atoms with Gasteiger partial charge in [-0.15, -0.1) is 0 Å². The van der Waals surface area contributed by atoms with Crippen LogP contribution in [0.1, 0.15) is 46.5 Å². The van der Waals surface area contributed by atoms with Crippen molar-refractivity contribution in [3.63, 3.8) is 0 Å². The predicted octanol–water partition coefficient (Wildman–Crippen LogP) is 1.67. The maximum Gasteiger partial charge on any atom is 0.264 e. The van der Waals surface area contributed by atoms with Gasteiger partial charge in [-0.3, -0.25) is 9.35 Å². The number of nitrogens with zero attached hydrogens (tertiary/aromatic N) is 1. The van der Waals surface area contributed by atoms with Crippen LogP contribution in [0.25, 0.3) is 0 Å². The Morgan fingerprint density at radius 3 is 2.18 bits per heavy atom. The molecular formula is C15H33N2O4S+. The molecule has 0 atom stereocenters. The number of nitrogens with one attached hydrogen (secondary N) is 1. The first-order valence-corrected chi connectivity index (χ1v) is 9.56. The molecule has 0 aromatic rings. The molecule has 7 heteroatoms. The predicted molar refractivity (Wildman–Crippen MR) is 89.2 cm³/mol. The van der Waals surface area contributed by atoms with E-state index in [0.717, 1.165) is 36.8 Å². The molecule has 0 fully saturated rings. The number of hydrogen-bond acceptors (Lipinski definition) is 3. The van der Waals surface area contributed by atoms with Crippen LogP contribution in [0.5, 0.6) is 0 Å². The molecule has 1 amide bonds. The fourth-order valence-electron chi connectivity index (χ4n) is 2.04. The third-order valence-corrected chi connectivity index (χ3v) is 4.94. The summed E-state index contributed by atoms with van der Waals surface area (Å²) < 4.78 is 30.8. The molecule has 132 valence electrons. The Kier molecular flexibility index (Phi) is 8.57. The van der Waals surface area contributed by atoms with E-state index in [2.05, 4.69) is 19.4 Å². The average Bonchev–Trinajstić information content (AvgIpc) is 2.38. The number of amides is 1. The van der Waals surface area contributed by atoms with Gasteiger partial charge in [-0.05, 0) is 19.3 Å². The van der Waals surface area contributed by atoms with Crippen molar-refractivity contribution in [3.8, 4) is 0 Å². The SMILES string of the molecule is CCC(C)(C)C(=O)NCCC[N+](C)(C)CCCCS(=O)(=O)O. The van der Waals surface area contributed by atoms with Gasteiger partial charge in [-0.1, -0.05) is 20.8 Å². The minimum Gasteiger partial charge on any atom is -0.355 e. The zero-order valence-electron chi connectivity index (χ0n) is 14.7. The summed E-state index contributed by atoms with van der Waals surface area (Å²) in [4.78, 5) is 11.9. The molecule has 0 aliphatic heterocycles. The van der Waals surface area contributed by atoms with Gasteiger partial charge in [0.05, 0.1) is 32.9 Å². The van der Waals surface area contributed by atoms with Crippen molar-refractivity contribution in [1.29, 1.82) is 0 Å². The Balaban J connectivity index is 3.91. The molecule has 0 aliphatic rings. The highest BCUT2D eigenvalue weighted by Gasteiger charge is 2.24. The molecule has 0 spiro atoms. The fourth-order valence-corrected chi connectivity index (χ4v) is 2.61. The molecule has 0 saturated carbocycles. The largest absolute Gasteiger partial charge is 0.355 e. The summed E-state index contributed by atoms with van der Waals surface area (Å²) in [5, 5.41) is 2.97. The average molecular weight is 338 g/mol. The molecule has 0 radical (unpaired) electrons. The lowest BCUT2D eigenvalue weighted by Crippen LogP contribution is -2.43. The summed E-state index contributed by atoms with van der Waals surface area (Å²) in [6, 6.07) is 0. The van der Waals surface area contributed by atoms with Crippen LogP contribution in [-0.2, 0) is 14.9 Å². The highest BCUT2D eigenvalue weighted by atomic mass is 32.2. The molecular weight excluding hydrogens is 304 g/mol. The highest BCUT2D eigenvalue weighted by Crippen LogP contribution is 2.19. The monoisotopic (exact) mass is 337 g/mol. The lowest BCUT2D eigenvalue weighted by atomic mass is 9.89. The highest BCUT2D eigenvalue weighted by molar-refractivity contribution is 7.85. The summed E-state index contributed by atoms with van der Waals surface area (Å²) in [6.45, 7) is 8.32. The molecule has 0 rings (SSSR count). The van der Waals surface area contributed by atoms with Crippen molar-refractivity contribution >= 4 is 16.0 Å². The van der Waals surface area contributed by atoms with Gasteiger partial charge in [0.1, 0.15) is 0 Å². The number of carbonyl (C=O) groups excluding carboxylic acids is 1. The van der Waals surface area contributed by atoms with E-state index in [-0.39, 0.29) is 17.1 Å². The van der Waals surface area contributed by atoms with Crippen LogP contribution in [0.4, 0.5) is 0 Å². The topological polar surface area (TPSA) is 83.5 Å². The molecule has 0 aromatic heterocycles.